The highest BCUT2D eigenvalue weighted by Crippen LogP contribution is 2.08. The molecule has 20 heavy (non-hydrogen) atoms. The van der Waals surface area contributed by atoms with E-state index in [0.717, 1.165) is 25.5 Å². The number of carbonyl (C=O) groups excluding carboxylic acids is 1. The normalized spacial score (nSPS) is 11.7. The van der Waals surface area contributed by atoms with Gasteiger partial charge in [0.05, 0.1) is 0 Å². The first kappa shape index (κ1) is 19.1. The Morgan fingerprint density at radius 3 is 1.65 bits per heavy atom. The number of unbranched alkanes of at least 4 members (excludes halogenated alkanes) is 10. The van der Waals surface area contributed by atoms with Crippen LogP contribution in [0.3, 0.4) is 0 Å². The topological polar surface area (TPSA) is 17.1 Å². The molecule has 0 aliphatic carbocycles. The monoisotopic (exact) mass is 278 g/mol. The zero-order valence-corrected chi connectivity index (χ0v) is 13.5. The Morgan fingerprint density at radius 2 is 1.10 bits per heavy atom. The van der Waals surface area contributed by atoms with Crippen molar-refractivity contribution in [3.8, 4) is 0 Å². The summed E-state index contributed by atoms with van der Waals surface area (Å²) in [4.78, 5) is 10.1. The number of carbonyl (C=O) groups is 1. The minimum atomic E-state index is 0.745. The van der Waals surface area contributed by atoms with Gasteiger partial charge in [-0.25, -0.2) is 0 Å². The first-order chi connectivity index (χ1) is 9.91. The van der Waals surface area contributed by atoms with Crippen LogP contribution in [-0.4, -0.2) is 6.29 Å². The molecule has 0 amide bonds. The SMILES string of the molecule is CCCCC/C=C\CC=CCCCCCCCCC=O. The van der Waals surface area contributed by atoms with Crippen molar-refractivity contribution in [3.63, 3.8) is 0 Å². The van der Waals surface area contributed by atoms with E-state index in [9.17, 15) is 4.79 Å². The predicted molar refractivity (Wildman–Crippen MR) is 90.0 cm³/mol. The van der Waals surface area contributed by atoms with Gasteiger partial charge in [-0.15, -0.1) is 0 Å². The Balaban J connectivity index is 3.13. The van der Waals surface area contributed by atoms with Gasteiger partial charge in [0.25, 0.3) is 0 Å². The second-order valence-electron chi connectivity index (χ2n) is 5.54. The molecule has 0 heterocycles. The molecule has 0 aromatic carbocycles. The van der Waals surface area contributed by atoms with Crippen molar-refractivity contribution >= 4 is 6.29 Å². The minimum absolute atomic E-state index is 0.745. The van der Waals surface area contributed by atoms with Crippen molar-refractivity contribution < 1.29 is 4.79 Å². The third kappa shape index (κ3) is 17.2. The summed E-state index contributed by atoms with van der Waals surface area (Å²) in [6.45, 7) is 2.25. The average molecular weight is 278 g/mol. The van der Waals surface area contributed by atoms with Crippen molar-refractivity contribution in [3.05, 3.63) is 24.3 Å². The summed E-state index contributed by atoms with van der Waals surface area (Å²) in [6, 6.07) is 0. The number of allylic oxidation sites excluding steroid dienone is 4. The smallest absolute Gasteiger partial charge is 0.119 e. The van der Waals surface area contributed by atoms with Crippen LogP contribution in [0.1, 0.15) is 90.4 Å². The Kier molecular flexibility index (Phi) is 17.4. The van der Waals surface area contributed by atoms with Gasteiger partial charge >= 0.3 is 0 Å². The van der Waals surface area contributed by atoms with Crippen molar-refractivity contribution in [1.82, 2.24) is 0 Å². The third-order valence-electron chi connectivity index (χ3n) is 3.52. The quantitative estimate of drug-likeness (QED) is 0.193. The molecule has 0 atom stereocenters. The van der Waals surface area contributed by atoms with Gasteiger partial charge in [-0.3, -0.25) is 0 Å². The maximum atomic E-state index is 10.1. The van der Waals surface area contributed by atoms with Crippen LogP contribution in [0.25, 0.3) is 0 Å². The van der Waals surface area contributed by atoms with E-state index in [4.69, 9.17) is 0 Å². The lowest BCUT2D eigenvalue weighted by Crippen LogP contribution is -1.80. The first-order valence-electron chi connectivity index (χ1n) is 8.65. The standard InChI is InChI=1S/C19H34O/c1-2-3-4-5-6-7-8-9-10-11-12-13-14-15-16-17-18-19-20/h6-7,9-10,19H,2-5,8,11-18H2,1H3/b7-6-,10-9?. The maximum absolute atomic E-state index is 10.1. The summed E-state index contributed by atoms with van der Waals surface area (Å²) in [5.41, 5.74) is 0. The molecule has 0 radical (unpaired) electrons. The summed E-state index contributed by atoms with van der Waals surface area (Å²) >= 11 is 0. The summed E-state index contributed by atoms with van der Waals surface area (Å²) in [7, 11) is 0. The molecule has 0 fully saturated rings. The largest absolute Gasteiger partial charge is 0.303 e. The second kappa shape index (κ2) is 18.1. The van der Waals surface area contributed by atoms with Gasteiger partial charge in [0.15, 0.2) is 0 Å². The van der Waals surface area contributed by atoms with Crippen molar-refractivity contribution in [2.45, 2.75) is 90.4 Å². The molecule has 0 saturated heterocycles. The predicted octanol–water partition coefficient (Wildman–Crippen LogP) is 6.39. The van der Waals surface area contributed by atoms with E-state index in [1.165, 1.54) is 64.2 Å². The van der Waals surface area contributed by atoms with Crippen LogP contribution >= 0.6 is 0 Å². The zero-order valence-electron chi connectivity index (χ0n) is 13.5. The fraction of sp³-hybridized carbons (Fsp3) is 0.737. The van der Waals surface area contributed by atoms with Gasteiger partial charge in [-0.2, -0.15) is 0 Å². The van der Waals surface area contributed by atoms with Gasteiger partial charge in [-0.1, -0.05) is 69.8 Å². The van der Waals surface area contributed by atoms with Gasteiger partial charge < -0.3 is 4.79 Å². The van der Waals surface area contributed by atoms with E-state index < -0.39 is 0 Å². The Labute approximate surface area is 126 Å². The van der Waals surface area contributed by atoms with Crippen LogP contribution in [0.5, 0.6) is 0 Å². The molecule has 0 aromatic heterocycles. The number of hydrogen-bond donors (Lipinski definition) is 0. The Morgan fingerprint density at radius 1 is 0.600 bits per heavy atom. The average Bonchev–Trinajstić information content (AvgIpc) is 2.47. The highest BCUT2D eigenvalue weighted by Gasteiger charge is 1.90. The van der Waals surface area contributed by atoms with E-state index in [-0.39, 0.29) is 0 Å². The van der Waals surface area contributed by atoms with Crippen molar-refractivity contribution in [2.75, 3.05) is 0 Å². The molecule has 0 rings (SSSR count). The lowest BCUT2D eigenvalue weighted by Gasteiger charge is -1.98. The van der Waals surface area contributed by atoms with Crippen LogP contribution in [0, 0.1) is 0 Å². The van der Waals surface area contributed by atoms with Gasteiger partial charge in [0, 0.05) is 6.42 Å². The molecular weight excluding hydrogens is 244 g/mol. The van der Waals surface area contributed by atoms with E-state index >= 15 is 0 Å². The highest BCUT2D eigenvalue weighted by atomic mass is 16.1. The molecule has 0 bridgehead atoms. The Hall–Kier alpha value is -0.850. The van der Waals surface area contributed by atoms with Crippen molar-refractivity contribution in [2.24, 2.45) is 0 Å². The fourth-order valence-electron chi connectivity index (χ4n) is 2.22. The summed E-state index contributed by atoms with van der Waals surface area (Å²) in [6.07, 6.45) is 26.1. The van der Waals surface area contributed by atoms with Crippen LogP contribution in [0.4, 0.5) is 0 Å². The molecule has 0 N–H and O–H groups in total. The summed E-state index contributed by atoms with van der Waals surface area (Å²) < 4.78 is 0. The third-order valence-corrected chi connectivity index (χ3v) is 3.52. The molecule has 0 spiro atoms. The van der Waals surface area contributed by atoms with Crippen LogP contribution in [-0.2, 0) is 4.79 Å². The fourth-order valence-corrected chi connectivity index (χ4v) is 2.22. The molecular formula is C19H34O. The molecule has 0 unspecified atom stereocenters. The van der Waals surface area contributed by atoms with Crippen LogP contribution in [0.2, 0.25) is 0 Å². The van der Waals surface area contributed by atoms with E-state index in [0.29, 0.717) is 0 Å². The van der Waals surface area contributed by atoms with Crippen molar-refractivity contribution in [1.29, 1.82) is 0 Å². The van der Waals surface area contributed by atoms with E-state index in [1.54, 1.807) is 0 Å². The zero-order chi connectivity index (χ0) is 14.7. The summed E-state index contributed by atoms with van der Waals surface area (Å²) in [5, 5.41) is 0. The lowest BCUT2D eigenvalue weighted by molar-refractivity contribution is -0.107. The molecule has 1 nitrogen and oxygen atoms in total. The summed E-state index contributed by atoms with van der Waals surface area (Å²) in [5.74, 6) is 0. The highest BCUT2D eigenvalue weighted by molar-refractivity contribution is 5.48. The number of aldehydes is 1. The molecule has 0 aliphatic rings. The Bertz CT molecular complexity index is 240. The van der Waals surface area contributed by atoms with E-state index in [1.807, 2.05) is 0 Å². The molecule has 116 valence electrons. The molecule has 1 heteroatoms. The van der Waals surface area contributed by atoms with Gasteiger partial charge in [-0.05, 0) is 38.5 Å². The molecule has 0 aromatic rings. The van der Waals surface area contributed by atoms with Gasteiger partial charge in [0.1, 0.15) is 6.29 Å². The van der Waals surface area contributed by atoms with Gasteiger partial charge in [0.2, 0.25) is 0 Å². The van der Waals surface area contributed by atoms with Crippen LogP contribution < -0.4 is 0 Å². The first-order valence-corrected chi connectivity index (χ1v) is 8.65. The lowest BCUT2D eigenvalue weighted by atomic mass is 10.1. The number of hydrogen-bond acceptors (Lipinski definition) is 1. The minimum Gasteiger partial charge on any atom is -0.303 e. The van der Waals surface area contributed by atoms with Crippen LogP contribution in [0.15, 0.2) is 24.3 Å². The number of rotatable bonds is 15. The molecule has 0 saturated carbocycles. The van der Waals surface area contributed by atoms with E-state index in [2.05, 4.69) is 31.2 Å². The molecule has 0 aliphatic heterocycles. The second-order valence-corrected chi connectivity index (χ2v) is 5.54. The maximum Gasteiger partial charge on any atom is 0.119 e.